The number of H-pyrrole nitrogens is 1. The number of fused-ring (bicyclic) bond motifs is 1. The standard InChI is InChI=1S/C16H12IN5O/c1-9-4-10(17)2-3-12(9)21-13-6-15-14(18-7-19-15)5-11(13)16-22-20-8-23-16/h2-8,21H,1H3,(H,18,19). The number of anilines is 2. The minimum Gasteiger partial charge on any atom is -0.423 e. The van der Waals surface area contributed by atoms with Gasteiger partial charge in [0.25, 0.3) is 0 Å². The summed E-state index contributed by atoms with van der Waals surface area (Å²) in [4.78, 5) is 7.42. The van der Waals surface area contributed by atoms with Crippen LogP contribution in [0.5, 0.6) is 0 Å². The molecule has 2 heterocycles. The number of nitrogens with zero attached hydrogens (tertiary/aromatic N) is 3. The minimum absolute atomic E-state index is 0.465. The molecule has 4 aromatic rings. The average molecular weight is 417 g/mol. The van der Waals surface area contributed by atoms with E-state index in [1.807, 2.05) is 12.1 Å². The molecule has 6 nitrogen and oxygen atoms in total. The Bertz CT molecular complexity index is 977. The van der Waals surface area contributed by atoms with E-state index in [0.717, 1.165) is 33.5 Å². The molecule has 0 unspecified atom stereocenters. The van der Waals surface area contributed by atoms with Gasteiger partial charge in [0.15, 0.2) is 0 Å². The second kappa shape index (κ2) is 5.65. The Balaban J connectivity index is 1.85. The van der Waals surface area contributed by atoms with E-state index < -0.39 is 0 Å². The SMILES string of the molecule is Cc1cc(I)ccc1Nc1cc2nc[nH]c2cc1-c1nnco1. The Kier molecular flexibility index (Phi) is 3.49. The van der Waals surface area contributed by atoms with Crippen molar-refractivity contribution in [1.29, 1.82) is 0 Å². The van der Waals surface area contributed by atoms with Crippen LogP contribution in [-0.2, 0) is 0 Å². The predicted molar refractivity (Wildman–Crippen MR) is 96.6 cm³/mol. The normalized spacial score (nSPS) is 11.0. The molecule has 0 saturated carbocycles. The highest BCUT2D eigenvalue weighted by Gasteiger charge is 2.14. The van der Waals surface area contributed by atoms with Gasteiger partial charge in [-0.05, 0) is 65.4 Å². The molecule has 0 atom stereocenters. The summed E-state index contributed by atoms with van der Waals surface area (Å²) in [7, 11) is 0. The molecule has 114 valence electrons. The van der Waals surface area contributed by atoms with Crippen molar-refractivity contribution in [2.75, 3.05) is 5.32 Å². The van der Waals surface area contributed by atoms with Crippen molar-refractivity contribution >= 4 is 45.0 Å². The van der Waals surface area contributed by atoms with Crippen LogP contribution in [0.1, 0.15) is 5.56 Å². The first-order chi connectivity index (χ1) is 11.2. The van der Waals surface area contributed by atoms with Crippen LogP contribution >= 0.6 is 22.6 Å². The van der Waals surface area contributed by atoms with Crippen LogP contribution < -0.4 is 5.32 Å². The molecule has 0 fully saturated rings. The molecule has 0 spiro atoms. The van der Waals surface area contributed by atoms with Crippen molar-refractivity contribution < 1.29 is 4.42 Å². The van der Waals surface area contributed by atoms with Crippen LogP contribution in [0.25, 0.3) is 22.5 Å². The fourth-order valence-electron chi connectivity index (χ4n) is 2.47. The first-order valence-electron chi connectivity index (χ1n) is 6.97. The number of imidazole rings is 1. The number of rotatable bonds is 3. The lowest BCUT2D eigenvalue weighted by Gasteiger charge is -2.13. The zero-order valence-electron chi connectivity index (χ0n) is 12.2. The van der Waals surface area contributed by atoms with Gasteiger partial charge in [0.1, 0.15) is 0 Å². The monoisotopic (exact) mass is 417 g/mol. The van der Waals surface area contributed by atoms with Gasteiger partial charge in [-0.2, -0.15) is 0 Å². The number of aromatic amines is 1. The molecule has 7 heteroatoms. The lowest BCUT2D eigenvalue weighted by atomic mass is 10.1. The van der Waals surface area contributed by atoms with Crippen molar-refractivity contribution in [3.63, 3.8) is 0 Å². The van der Waals surface area contributed by atoms with Gasteiger partial charge in [0, 0.05) is 9.26 Å². The van der Waals surface area contributed by atoms with E-state index in [9.17, 15) is 0 Å². The fourth-order valence-corrected chi connectivity index (χ4v) is 3.11. The molecular formula is C16H12IN5O. The summed E-state index contributed by atoms with van der Waals surface area (Å²) in [6, 6.07) is 10.2. The molecule has 2 aromatic heterocycles. The van der Waals surface area contributed by atoms with Gasteiger partial charge in [0.2, 0.25) is 12.3 Å². The van der Waals surface area contributed by atoms with E-state index in [4.69, 9.17) is 4.42 Å². The highest BCUT2D eigenvalue weighted by Crippen LogP contribution is 2.33. The van der Waals surface area contributed by atoms with E-state index in [0.29, 0.717) is 5.89 Å². The van der Waals surface area contributed by atoms with Gasteiger partial charge in [-0.3, -0.25) is 0 Å². The second-order valence-electron chi connectivity index (χ2n) is 5.15. The van der Waals surface area contributed by atoms with Gasteiger partial charge >= 0.3 is 0 Å². The lowest BCUT2D eigenvalue weighted by Crippen LogP contribution is -1.96. The zero-order valence-corrected chi connectivity index (χ0v) is 14.3. The van der Waals surface area contributed by atoms with Crippen LogP contribution in [0, 0.1) is 10.5 Å². The molecule has 2 N–H and O–H groups in total. The smallest absolute Gasteiger partial charge is 0.249 e. The summed E-state index contributed by atoms with van der Waals surface area (Å²) < 4.78 is 6.57. The quantitative estimate of drug-likeness (QED) is 0.487. The molecule has 0 saturated heterocycles. The van der Waals surface area contributed by atoms with Crippen LogP contribution in [0.4, 0.5) is 11.4 Å². The number of hydrogen-bond acceptors (Lipinski definition) is 5. The highest BCUT2D eigenvalue weighted by atomic mass is 127. The summed E-state index contributed by atoms with van der Waals surface area (Å²) in [6.07, 6.45) is 2.99. The number of nitrogens with one attached hydrogen (secondary N) is 2. The topological polar surface area (TPSA) is 79.6 Å². The maximum atomic E-state index is 5.38. The van der Waals surface area contributed by atoms with Crippen molar-refractivity contribution in [3.05, 3.63) is 52.2 Å². The Morgan fingerprint density at radius 3 is 2.87 bits per heavy atom. The third-order valence-corrected chi connectivity index (χ3v) is 4.28. The lowest BCUT2D eigenvalue weighted by molar-refractivity contribution is 0.569. The van der Waals surface area contributed by atoms with E-state index >= 15 is 0 Å². The van der Waals surface area contributed by atoms with E-state index in [2.05, 4.69) is 73.2 Å². The number of aromatic nitrogens is 4. The first kappa shape index (κ1) is 14.2. The largest absolute Gasteiger partial charge is 0.423 e. The summed E-state index contributed by atoms with van der Waals surface area (Å²) >= 11 is 2.30. The highest BCUT2D eigenvalue weighted by molar-refractivity contribution is 14.1. The van der Waals surface area contributed by atoms with Crippen LogP contribution in [-0.4, -0.2) is 20.2 Å². The molecule has 0 aliphatic heterocycles. The van der Waals surface area contributed by atoms with Gasteiger partial charge in [0.05, 0.1) is 28.6 Å². The summed E-state index contributed by atoms with van der Waals surface area (Å²) in [5.41, 5.74) is 5.69. The van der Waals surface area contributed by atoms with Gasteiger partial charge in [-0.25, -0.2) is 4.98 Å². The summed E-state index contributed by atoms with van der Waals surface area (Å²) in [5, 5.41) is 11.2. The third-order valence-electron chi connectivity index (χ3n) is 3.61. The van der Waals surface area contributed by atoms with Crippen molar-refractivity contribution in [1.82, 2.24) is 20.2 Å². The van der Waals surface area contributed by atoms with Gasteiger partial charge < -0.3 is 14.7 Å². The van der Waals surface area contributed by atoms with Gasteiger partial charge in [-0.1, -0.05) is 0 Å². The zero-order chi connectivity index (χ0) is 15.8. The fraction of sp³-hybridized carbons (Fsp3) is 0.0625. The molecule has 0 radical (unpaired) electrons. The Morgan fingerprint density at radius 2 is 2.09 bits per heavy atom. The molecule has 0 amide bonds. The molecule has 4 rings (SSSR count). The van der Waals surface area contributed by atoms with Crippen LogP contribution in [0.3, 0.4) is 0 Å². The number of halogens is 1. The van der Waals surface area contributed by atoms with Gasteiger partial charge in [-0.15, -0.1) is 10.2 Å². The van der Waals surface area contributed by atoms with E-state index in [1.54, 1.807) is 6.33 Å². The Morgan fingerprint density at radius 1 is 1.17 bits per heavy atom. The maximum Gasteiger partial charge on any atom is 0.249 e. The van der Waals surface area contributed by atoms with Crippen LogP contribution in [0.2, 0.25) is 0 Å². The first-order valence-corrected chi connectivity index (χ1v) is 8.05. The third kappa shape index (κ3) is 2.67. The molecule has 0 bridgehead atoms. The van der Waals surface area contributed by atoms with Crippen molar-refractivity contribution in [2.24, 2.45) is 0 Å². The minimum atomic E-state index is 0.465. The average Bonchev–Trinajstić information content (AvgIpc) is 3.19. The van der Waals surface area contributed by atoms with E-state index in [-0.39, 0.29) is 0 Å². The Hall–Kier alpha value is -2.42. The van der Waals surface area contributed by atoms with Crippen molar-refractivity contribution in [2.45, 2.75) is 6.92 Å². The summed E-state index contributed by atoms with van der Waals surface area (Å²) in [6.45, 7) is 2.07. The van der Waals surface area contributed by atoms with Crippen LogP contribution in [0.15, 0.2) is 47.5 Å². The molecule has 0 aliphatic rings. The van der Waals surface area contributed by atoms with Crippen molar-refractivity contribution in [3.8, 4) is 11.5 Å². The van der Waals surface area contributed by atoms with E-state index in [1.165, 1.54) is 9.96 Å². The molecule has 0 aliphatic carbocycles. The summed E-state index contributed by atoms with van der Waals surface area (Å²) in [5.74, 6) is 0.465. The number of aryl methyl sites for hydroxylation is 1. The molecular weight excluding hydrogens is 405 g/mol. The predicted octanol–water partition coefficient (Wildman–Crippen LogP) is 4.27. The number of benzene rings is 2. The molecule has 2 aromatic carbocycles. The maximum absolute atomic E-state index is 5.38. The Labute approximate surface area is 145 Å². The molecule has 23 heavy (non-hydrogen) atoms. The number of hydrogen-bond donors (Lipinski definition) is 2. The second-order valence-corrected chi connectivity index (χ2v) is 6.39.